The van der Waals surface area contributed by atoms with E-state index in [2.05, 4.69) is 4.98 Å². The lowest BCUT2D eigenvalue weighted by Gasteiger charge is -2.47. The van der Waals surface area contributed by atoms with Crippen molar-refractivity contribution in [3.63, 3.8) is 0 Å². The molecule has 0 aromatic carbocycles. The van der Waals surface area contributed by atoms with Crippen LogP contribution in [0.3, 0.4) is 0 Å². The molecule has 112 valence electrons. The number of carboxylic acids is 1. The average Bonchev–Trinajstić information content (AvgIpc) is 2.88. The number of aromatic nitrogens is 1. The fourth-order valence-corrected chi connectivity index (χ4v) is 4.47. The summed E-state index contributed by atoms with van der Waals surface area (Å²) < 4.78 is 5.32. The van der Waals surface area contributed by atoms with E-state index < -0.39 is 23.4 Å². The van der Waals surface area contributed by atoms with Crippen molar-refractivity contribution in [3.05, 3.63) is 23.4 Å². The molecule has 2 N–H and O–H groups in total. The van der Waals surface area contributed by atoms with E-state index in [0.717, 1.165) is 0 Å². The Labute approximate surface area is 128 Å². The molecule has 0 radical (unpaired) electrons. The molecule has 3 heterocycles. The number of carbonyl (C=O) groups is 2. The van der Waals surface area contributed by atoms with Gasteiger partial charge in [0.15, 0.2) is 17.1 Å². The van der Waals surface area contributed by atoms with Crippen molar-refractivity contribution in [3.8, 4) is 0 Å². The van der Waals surface area contributed by atoms with E-state index in [-0.39, 0.29) is 5.70 Å². The van der Waals surface area contributed by atoms with Gasteiger partial charge in [-0.05, 0) is 5.57 Å². The summed E-state index contributed by atoms with van der Waals surface area (Å²) in [4.78, 5) is 28.2. The number of amides is 1. The number of carbonyl (C=O) groups excluding carboxylic acids is 1. The van der Waals surface area contributed by atoms with Gasteiger partial charge in [0.25, 0.3) is 5.91 Å². The molecule has 1 aromatic heterocycles. The first-order valence-corrected chi connectivity index (χ1v) is 8.15. The van der Waals surface area contributed by atoms with Crippen LogP contribution in [0.1, 0.15) is 5.89 Å². The number of hydrogen-bond donors (Lipinski definition) is 2. The van der Waals surface area contributed by atoms with Crippen LogP contribution >= 0.6 is 23.5 Å². The molecule has 1 aromatic rings. The Balaban J connectivity index is 1.81. The largest absolute Gasteiger partial charge is 0.477 e. The quantitative estimate of drug-likeness (QED) is 0.614. The van der Waals surface area contributed by atoms with Crippen LogP contribution in [0.25, 0.3) is 0 Å². The molecule has 1 amide bonds. The minimum absolute atomic E-state index is 0.0159. The van der Waals surface area contributed by atoms with Crippen LogP contribution in [0.15, 0.2) is 27.0 Å². The van der Waals surface area contributed by atoms with Crippen molar-refractivity contribution in [2.24, 2.45) is 0 Å². The molecule has 0 unspecified atom stereocenters. The highest BCUT2D eigenvalue weighted by atomic mass is 32.2. The van der Waals surface area contributed by atoms with Crippen molar-refractivity contribution in [2.45, 2.75) is 23.5 Å². The minimum atomic E-state index is -1.15. The number of β-lactam (4-membered cyclic amide) rings is 1. The lowest BCUT2D eigenvalue weighted by atomic mass is 10.1. The number of fused-ring (bicyclic) bond motifs is 1. The Morgan fingerprint density at radius 2 is 2.43 bits per heavy atom. The van der Waals surface area contributed by atoms with Gasteiger partial charge in [0.1, 0.15) is 11.1 Å². The van der Waals surface area contributed by atoms with Crippen LogP contribution in [0, 0.1) is 6.92 Å². The normalized spacial score (nSPS) is 24.9. The number of aliphatic hydroxyl groups excluding tert-OH is 1. The van der Waals surface area contributed by atoms with Gasteiger partial charge < -0.3 is 14.6 Å². The van der Waals surface area contributed by atoms with E-state index in [9.17, 15) is 19.8 Å². The Morgan fingerprint density at radius 3 is 3.05 bits per heavy atom. The summed E-state index contributed by atoms with van der Waals surface area (Å²) in [6, 6.07) is 0. The third-order valence-electron chi connectivity index (χ3n) is 3.21. The molecule has 2 atom stereocenters. The summed E-state index contributed by atoms with van der Waals surface area (Å²) in [7, 11) is 0. The summed E-state index contributed by atoms with van der Waals surface area (Å²) >= 11 is 2.70. The fourth-order valence-electron chi connectivity index (χ4n) is 2.21. The molecule has 21 heavy (non-hydrogen) atoms. The van der Waals surface area contributed by atoms with Crippen LogP contribution in [-0.4, -0.2) is 55.0 Å². The zero-order chi connectivity index (χ0) is 15.1. The van der Waals surface area contributed by atoms with Crippen LogP contribution in [-0.2, 0) is 9.59 Å². The van der Waals surface area contributed by atoms with Crippen LogP contribution in [0.5, 0.6) is 0 Å². The number of aryl methyl sites for hydroxylation is 1. The van der Waals surface area contributed by atoms with Gasteiger partial charge in [-0.2, -0.15) is 0 Å². The highest BCUT2D eigenvalue weighted by molar-refractivity contribution is 8.01. The van der Waals surface area contributed by atoms with Crippen LogP contribution in [0.2, 0.25) is 0 Å². The number of oxazole rings is 1. The molecule has 0 aliphatic carbocycles. The smallest absolute Gasteiger partial charge is 0.352 e. The van der Waals surface area contributed by atoms with Crippen molar-refractivity contribution in [1.29, 1.82) is 0 Å². The molecule has 9 heteroatoms. The molecule has 0 bridgehead atoms. The molecule has 0 spiro atoms. The number of rotatable bonds is 4. The first-order chi connectivity index (χ1) is 9.99. The molecule has 2 aliphatic rings. The van der Waals surface area contributed by atoms with Gasteiger partial charge in [0.2, 0.25) is 0 Å². The van der Waals surface area contributed by atoms with E-state index >= 15 is 0 Å². The minimum Gasteiger partial charge on any atom is -0.477 e. The van der Waals surface area contributed by atoms with E-state index in [0.29, 0.717) is 28.1 Å². The number of nitrogens with zero attached hydrogens (tertiary/aromatic N) is 2. The fraction of sp³-hybridized carbons (Fsp3) is 0.417. The van der Waals surface area contributed by atoms with Crippen molar-refractivity contribution in [2.75, 3.05) is 11.5 Å². The van der Waals surface area contributed by atoms with Crippen molar-refractivity contribution >= 4 is 35.4 Å². The Hall–Kier alpha value is -1.45. The monoisotopic (exact) mass is 328 g/mol. The van der Waals surface area contributed by atoms with E-state index in [1.54, 1.807) is 13.1 Å². The lowest BCUT2D eigenvalue weighted by molar-refractivity contribution is -0.159. The third-order valence-corrected chi connectivity index (χ3v) is 5.50. The molecule has 1 saturated heterocycles. The van der Waals surface area contributed by atoms with E-state index in [4.69, 9.17) is 4.42 Å². The van der Waals surface area contributed by atoms with Crippen LogP contribution < -0.4 is 0 Å². The van der Waals surface area contributed by atoms with Gasteiger partial charge in [-0.25, -0.2) is 9.78 Å². The first-order valence-electron chi connectivity index (χ1n) is 6.12. The van der Waals surface area contributed by atoms with E-state index in [1.165, 1.54) is 28.4 Å². The molecule has 0 saturated carbocycles. The number of aliphatic carboxylic acids is 1. The summed E-state index contributed by atoms with van der Waals surface area (Å²) in [6.45, 7) is 1.73. The van der Waals surface area contributed by atoms with Gasteiger partial charge in [0.05, 0.1) is 6.20 Å². The highest BCUT2D eigenvalue weighted by Gasteiger charge is 2.52. The second kappa shape index (κ2) is 5.39. The topological polar surface area (TPSA) is 104 Å². The lowest BCUT2D eigenvalue weighted by Crippen LogP contribution is -2.64. The van der Waals surface area contributed by atoms with Crippen molar-refractivity contribution < 1.29 is 24.2 Å². The molecule has 2 aliphatic heterocycles. The second-order valence-electron chi connectivity index (χ2n) is 4.60. The number of aliphatic hydroxyl groups is 1. The Kier molecular flexibility index (Phi) is 3.72. The predicted molar refractivity (Wildman–Crippen MR) is 75.7 cm³/mol. The predicted octanol–water partition coefficient (Wildman–Crippen LogP) is 0.690. The number of carboxylic acid groups (broad SMARTS) is 1. The van der Waals surface area contributed by atoms with Crippen LogP contribution in [0.4, 0.5) is 0 Å². The summed E-state index contributed by atoms with van der Waals surface area (Å²) in [5, 5.41) is 19.0. The SMILES string of the molecule is Cc1ncc(SCC2=C(C(=O)O)N3C(=O)[C@@H](O)[C@@H]3SC2)o1. The first kappa shape index (κ1) is 14.5. The standard InChI is InChI=1S/C12H12N2O5S2/c1-5-13-2-7(19-5)20-3-6-4-21-11-9(15)10(16)14(11)8(6)12(17)18/h2,9,11,15H,3-4H2,1H3,(H,17,18)/t9-,11+/m1/s1. The molecule has 7 nitrogen and oxygen atoms in total. The maximum absolute atomic E-state index is 11.7. The molecule has 3 rings (SSSR count). The summed E-state index contributed by atoms with van der Waals surface area (Å²) in [5.41, 5.74) is 0.626. The van der Waals surface area contributed by atoms with Gasteiger partial charge >= 0.3 is 5.97 Å². The molecular formula is C12H12N2O5S2. The number of thioether (sulfide) groups is 2. The third kappa shape index (κ3) is 2.45. The zero-order valence-electron chi connectivity index (χ0n) is 11.0. The Bertz CT molecular complexity index is 641. The maximum atomic E-state index is 11.7. The van der Waals surface area contributed by atoms with Gasteiger partial charge in [-0.15, -0.1) is 11.8 Å². The zero-order valence-corrected chi connectivity index (χ0v) is 12.6. The van der Waals surface area contributed by atoms with Gasteiger partial charge in [-0.1, -0.05) is 11.8 Å². The highest BCUT2D eigenvalue weighted by Crippen LogP contribution is 2.41. The summed E-state index contributed by atoms with van der Waals surface area (Å²) in [5.74, 6) is -0.292. The second-order valence-corrected chi connectivity index (χ2v) is 6.68. The maximum Gasteiger partial charge on any atom is 0.352 e. The molecule has 1 fully saturated rings. The average molecular weight is 328 g/mol. The van der Waals surface area contributed by atoms with Gasteiger partial charge in [0, 0.05) is 18.4 Å². The van der Waals surface area contributed by atoms with Crippen molar-refractivity contribution in [1.82, 2.24) is 9.88 Å². The number of hydrogen-bond acceptors (Lipinski definition) is 7. The van der Waals surface area contributed by atoms with E-state index in [1.807, 2.05) is 0 Å². The molecular weight excluding hydrogens is 316 g/mol. The Morgan fingerprint density at radius 1 is 1.67 bits per heavy atom. The van der Waals surface area contributed by atoms with Gasteiger partial charge in [-0.3, -0.25) is 9.69 Å². The summed E-state index contributed by atoms with van der Waals surface area (Å²) in [6.07, 6.45) is 0.480.